The Hall–Kier alpha value is 1.92. The molecule has 0 heterocycles. The van der Waals surface area contributed by atoms with Crippen LogP contribution >= 0.6 is 22.6 Å². The Kier molecular flexibility index (Phi) is 16.2. The molecule has 0 aliphatic rings. The van der Waals surface area contributed by atoms with Crippen LogP contribution in [0.25, 0.3) is 0 Å². The summed E-state index contributed by atoms with van der Waals surface area (Å²) in [6.45, 7) is 0.0591. The molecule has 0 aliphatic heterocycles. The van der Waals surface area contributed by atoms with E-state index < -0.39 is 35.2 Å². The molecule has 0 spiro atoms. The molecule has 9 nitrogen and oxygen atoms in total. The maximum Gasteiger partial charge on any atom is 1.00 e. The quantitative estimate of drug-likeness (QED) is 0.221. The molecule has 27 heavy (non-hydrogen) atoms. The molecule has 0 fully saturated rings. The predicted molar refractivity (Wildman–Crippen MR) is 96.4 cm³/mol. The monoisotopic (exact) mass is 476 g/mol. The largest absolute Gasteiger partial charge is 1.00 e. The Morgan fingerprint density at radius 1 is 1.26 bits per heavy atom. The molecule has 2 unspecified atom stereocenters. The van der Waals surface area contributed by atoms with Crippen LogP contribution in [0.1, 0.15) is 5.56 Å². The summed E-state index contributed by atoms with van der Waals surface area (Å²) in [5, 5.41) is 0. The minimum absolute atomic E-state index is 0. The van der Waals surface area contributed by atoms with E-state index in [0.717, 1.165) is 10.5 Å². The van der Waals surface area contributed by atoms with Gasteiger partial charge in [0.25, 0.3) is 0 Å². The molecule has 0 saturated carbocycles. The van der Waals surface area contributed by atoms with Gasteiger partial charge in [0.15, 0.2) is 12.0 Å². The van der Waals surface area contributed by atoms with Crippen molar-refractivity contribution in [2.75, 3.05) is 33.2 Å². The van der Waals surface area contributed by atoms with Gasteiger partial charge in [-0.2, -0.15) is 0 Å². The third-order valence-corrected chi connectivity index (χ3v) is 6.66. The van der Waals surface area contributed by atoms with Gasteiger partial charge in [-0.05, 0) is 24.1 Å². The SMILES string of the molecule is CN(C)[P+](=S)Oc1ccc(CCN(CP(=O)([O-])O)C[P+]([O-])(O)O)cc1.[Na+].[Na+]. The van der Waals surface area contributed by atoms with Crippen molar-refractivity contribution in [1.29, 1.82) is 0 Å². The van der Waals surface area contributed by atoms with Crippen LogP contribution in [0.4, 0.5) is 0 Å². The number of hydrogen-bond acceptors (Lipinski definition) is 8. The van der Waals surface area contributed by atoms with Crippen molar-refractivity contribution in [1.82, 2.24) is 9.57 Å². The minimum atomic E-state index is -4.66. The molecule has 1 aromatic rings. The third kappa shape index (κ3) is 15.4. The van der Waals surface area contributed by atoms with Crippen LogP contribution < -0.4 is 73.4 Å². The van der Waals surface area contributed by atoms with Crippen LogP contribution in [0.5, 0.6) is 5.75 Å². The maximum absolute atomic E-state index is 11.1. The van der Waals surface area contributed by atoms with E-state index in [1.54, 1.807) is 28.9 Å². The fourth-order valence-corrected chi connectivity index (χ4v) is 4.27. The smallest absolute Gasteiger partial charge is 0.778 e. The minimum Gasteiger partial charge on any atom is -0.778 e. The molecule has 0 amide bonds. The van der Waals surface area contributed by atoms with Gasteiger partial charge in [0.2, 0.25) is 19.8 Å². The summed E-state index contributed by atoms with van der Waals surface area (Å²) in [5.74, 6) is 0.602. The molecule has 0 radical (unpaired) electrons. The molecule has 1 rings (SSSR count). The first kappa shape index (κ1) is 31.1. The Balaban J connectivity index is 0. The van der Waals surface area contributed by atoms with E-state index in [4.69, 9.17) is 31.0 Å². The molecule has 142 valence electrons. The molecule has 0 aliphatic carbocycles. The van der Waals surface area contributed by atoms with E-state index in [9.17, 15) is 14.4 Å². The molecule has 0 bridgehead atoms. The Bertz CT molecular complexity index is 628. The van der Waals surface area contributed by atoms with Gasteiger partial charge < -0.3 is 19.2 Å². The number of hydrogen-bond donors (Lipinski definition) is 3. The van der Waals surface area contributed by atoms with E-state index in [1.165, 1.54) is 0 Å². The number of benzene rings is 1. The summed E-state index contributed by atoms with van der Waals surface area (Å²) in [5.41, 5.74) is 0.820. The summed E-state index contributed by atoms with van der Waals surface area (Å²) in [4.78, 5) is 50.1. The normalized spacial score (nSPS) is 14.2. The van der Waals surface area contributed by atoms with Gasteiger partial charge in [-0.1, -0.05) is 16.8 Å². The van der Waals surface area contributed by atoms with Gasteiger partial charge in [-0.3, -0.25) is 9.42 Å². The van der Waals surface area contributed by atoms with Crippen LogP contribution in [0.2, 0.25) is 0 Å². The first-order chi connectivity index (χ1) is 11.4. The van der Waals surface area contributed by atoms with Crippen LogP contribution in [0.15, 0.2) is 24.3 Å². The van der Waals surface area contributed by atoms with Gasteiger partial charge in [-0.15, -0.1) is 0 Å². The average Bonchev–Trinajstić information content (AvgIpc) is 2.42. The van der Waals surface area contributed by atoms with Crippen molar-refractivity contribution in [2.45, 2.75) is 6.42 Å². The standard InChI is InChI=1S/C12H21N2O7P3S.2Na/c1-13(2)22(25)21-12-5-3-11(4-6-12)7-8-14(9-23(15,16)17)10-24(18,19)20;;/h3-6H,7-10H2,1-2H3,(H3-,15,16,17,18,19,20);;/q;2*+1. The molecule has 15 heteroatoms. The first-order valence-corrected chi connectivity index (χ1v) is 12.9. The first-order valence-electron chi connectivity index (χ1n) is 7.07. The molecule has 2 atom stereocenters. The van der Waals surface area contributed by atoms with Crippen LogP contribution in [0, 0.1) is 0 Å². The zero-order chi connectivity index (χ0) is 19.3. The van der Waals surface area contributed by atoms with Gasteiger partial charge in [0.1, 0.15) is 7.60 Å². The Morgan fingerprint density at radius 3 is 2.19 bits per heavy atom. The van der Waals surface area contributed by atoms with Gasteiger partial charge >= 0.3 is 66.2 Å². The Labute approximate surface area is 210 Å². The molecular weight excluding hydrogens is 455 g/mol. The molecule has 0 saturated heterocycles. The molecule has 3 N–H and O–H groups in total. The van der Waals surface area contributed by atoms with Crippen LogP contribution in [0.3, 0.4) is 0 Å². The van der Waals surface area contributed by atoms with E-state index in [0.29, 0.717) is 12.2 Å². The third-order valence-electron chi connectivity index (χ3n) is 2.91. The fraction of sp³-hybridized carbons (Fsp3) is 0.500. The zero-order valence-corrected chi connectivity index (χ0v) is 23.3. The van der Waals surface area contributed by atoms with E-state index in [-0.39, 0.29) is 65.7 Å². The second-order valence-corrected chi connectivity index (χ2v) is 11.1. The number of rotatable bonds is 10. The van der Waals surface area contributed by atoms with Gasteiger partial charge in [0, 0.05) is 20.6 Å². The van der Waals surface area contributed by atoms with Crippen molar-refractivity contribution >= 4 is 34.4 Å². The van der Waals surface area contributed by atoms with Crippen molar-refractivity contribution in [3.63, 3.8) is 0 Å². The second kappa shape index (κ2) is 14.1. The molecule has 1 aromatic carbocycles. The predicted octanol–water partition coefficient (Wildman–Crippen LogP) is -6.18. The summed E-state index contributed by atoms with van der Waals surface area (Å²) >= 11 is 5.17. The van der Waals surface area contributed by atoms with Gasteiger partial charge in [-0.25, -0.2) is 9.79 Å². The Morgan fingerprint density at radius 2 is 1.78 bits per heavy atom. The summed E-state index contributed by atoms with van der Waals surface area (Å²) < 4.78 is 18.4. The van der Waals surface area contributed by atoms with Gasteiger partial charge in [0.05, 0.1) is 6.29 Å². The molecular formula is C12H21N2Na2O7P3S+2. The van der Waals surface area contributed by atoms with E-state index >= 15 is 0 Å². The second-order valence-electron chi connectivity index (χ2n) is 5.55. The van der Waals surface area contributed by atoms with Crippen molar-refractivity contribution in [3.8, 4) is 5.75 Å². The maximum atomic E-state index is 11.1. The van der Waals surface area contributed by atoms with Crippen molar-refractivity contribution in [2.24, 2.45) is 0 Å². The van der Waals surface area contributed by atoms with E-state index in [1.807, 2.05) is 14.1 Å². The summed E-state index contributed by atoms with van der Waals surface area (Å²) in [6.07, 6.45) is -1.22. The molecule has 0 aromatic heterocycles. The summed E-state index contributed by atoms with van der Waals surface area (Å²) in [7, 11) is -6.62. The number of nitrogens with zero attached hydrogens (tertiary/aromatic N) is 2. The van der Waals surface area contributed by atoms with Crippen molar-refractivity contribution in [3.05, 3.63) is 29.8 Å². The van der Waals surface area contributed by atoms with E-state index in [2.05, 4.69) is 0 Å². The zero-order valence-electron chi connectivity index (χ0n) is 15.8. The average molecular weight is 476 g/mol. The fourth-order valence-electron chi connectivity index (χ4n) is 1.88. The summed E-state index contributed by atoms with van der Waals surface area (Å²) in [6, 6.07) is 6.96. The van der Waals surface area contributed by atoms with Crippen LogP contribution in [-0.4, -0.2) is 57.5 Å². The van der Waals surface area contributed by atoms with Crippen LogP contribution in [-0.2, 0) is 22.8 Å². The topological polar surface area (TPSA) is 140 Å². The van der Waals surface area contributed by atoms with Crippen molar-refractivity contribution < 1.29 is 92.7 Å².